The topological polar surface area (TPSA) is 54.3 Å². The number of aromatic nitrogens is 8. The van der Waals surface area contributed by atoms with Gasteiger partial charge in [0.1, 0.15) is 0 Å². The zero-order valence-electron chi connectivity index (χ0n) is 52.9. The first-order valence-electron chi connectivity index (χ1n) is 33.5. The molecule has 0 saturated carbocycles. The zero-order chi connectivity index (χ0) is 64.1. The van der Waals surface area contributed by atoms with E-state index in [1.165, 1.54) is 54.1 Å². The predicted octanol–water partition coefficient (Wildman–Crippen LogP) is 22.9. The maximum Gasteiger partial charge on any atom is 0.220 e. The molecule has 0 spiro atoms. The summed E-state index contributed by atoms with van der Waals surface area (Å²) in [5.74, 6) is 1.69. The van der Waals surface area contributed by atoms with Crippen LogP contribution in [0, 0.1) is 0 Å². The summed E-state index contributed by atoms with van der Waals surface area (Å²) in [6.45, 7) is 0. The SMILES string of the molecule is c1ccc(-c2nc(-n3c4ccccc4c4cc(-c5ccc6c(c5)c5ccc(-c7ccc8c9cc(-c%10ccc%11c(c%10)c%10ccccc%10n%11-c%10ccccc%10)ccc9n(-c9nc(-c%10cccc%11ccccc%10%11)c%10ccccn9%10)c8c7)cc5n6-c5ccccc5)ccc43)n3ccccc23)cc1. The monoisotopic (exact) mass is 1250 g/mol. The normalized spacial score (nSPS) is 12.1. The maximum absolute atomic E-state index is 5.74. The van der Waals surface area contributed by atoms with Crippen LogP contribution in [0.25, 0.3) is 188 Å². The van der Waals surface area contributed by atoms with Gasteiger partial charge in [-0.15, -0.1) is 0 Å². The summed E-state index contributed by atoms with van der Waals surface area (Å²) in [7, 11) is 0. The van der Waals surface area contributed by atoms with Crippen LogP contribution in [0.2, 0.25) is 0 Å². The molecule has 0 fully saturated rings. The van der Waals surface area contributed by atoms with Gasteiger partial charge in [-0.3, -0.25) is 17.9 Å². The number of benzene rings is 13. The first-order valence-corrected chi connectivity index (χ1v) is 33.5. The Morgan fingerprint density at radius 1 is 0.194 bits per heavy atom. The van der Waals surface area contributed by atoms with E-state index in [4.69, 9.17) is 9.97 Å². The van der Waals surface area contributed by atoms with E-state index < -0.39 is 0 Å². The van der Waals surface area contributed by atoms with Crippen molar-refractivity contribution in [2.45, 2.75) is 0 Å². The van der Waals surface area contributed by atoms with Gasteiger partial charge < -0.3 is 9.13 Å². The second-order valence-electron chi connectivity index (χ2n) is 25.8. The molecule has 0 saturated heterocycles. The van der Waals surface area contributed by atoms with Crippen molar-refractivity contribution in [3.63, 3.8) is 0 Å². The fraction of sp³-hybridized carbons (Fsp3) is 0. The van der Waals surface area contributed by atoms with Gasteiger partial charge >= 0.3 is 0 Å². The molecule has 0 atom stereocenters. The van der Waals surface area contributed by atoms with Gasteiger partial charge in [0.2, 0.25) is 11.9 Å². The summed E-state index contributed by atoms with van der Waals surface area (Å²) in [6, 6.07) is 119. The van der Waals surface area contributed by atoms with E-state index in [0.717, 1.165) is 134 Å². The largest absolute Gasteiger partial charge is 0.309 e. The third-order valence-electron chi connectivity index (χ3n) is 20.5. The van der Waals surface area contributed by atoms with Gasteiger partial charge in [0.05, 0.1) is 66.6 Å². The highest BCUT2D eigenvalue weighted by Crippen LogP contribution is 2.44. The van der Waals surface area contributed by atoms with Crippen molar-refractivity contribution in [2.24, 2.45) is 0 Å². The Hall–Kier alpha value is -13.3. The fourth-order valence-electron chi connectivity index (χ4n) is 16.0. The molecule has 8 nitrogen and oxygen atoms in total. The fourth-order valence-corrected chi connectivity index (χ4v) is 16.0. The van der Waals surface area contributed by atoms with Crippen LogP contribution in [-0.2, 0) is 0 Å². The average Bonchev–Trinajstić information content (AvgIpc) is 1.58. The molecule has 456 valence electrons. The quantitative estimate of drug-likeness (QED) is 0.145. The number of hydrogen-bond donors (Lipinski definition) is 0. The van der Waals surface area contributed by atoms with Gasteiger partial charge in [0.15, 0.2) is 0 Å². The molecule has 0 amide bonds. The molecule has 0 bridgehead atoms. The minimum Gasteiger partial charge on any atom is -0.309 e. The molecule has 8 heteroatoms. The standard InChI is InChI=1S/C90H56N8/c1-4-22-58(23-5-1)87-83-35-16-18-49-93(83)89(91-87)97-78-34-15-13-31-69(78)74-52-61(41-47-81(74)97)60-40-46-80-75(53-60)70-43-37-63(55-85(70)96(80)66-27-8-3-9-28-66)64-38-44-71-76-54-62(59-39-45-79-73(51-59)68-30-12-14-33-77(68)95(79)65-25-6-2-7-26-65)42-48-82(76)98(86(71)56-64)90-92-88(84-36-17-19-50-94(84)90)72-32-20-24-57-21-10-11-29-67(57)72/h1-56H. The van der Waals surface area contributed by atoms with Crippen molar-refractivity contribution >= 4 is 109 Å². The van der Waals surface area contributed by atoms with Crippen molar-refractivity contribution in [1.29, 1.82) is 0 Å². The molecule has 13 aromatic carbocycles. The van der Waals surface area contributed by atoms with Crippen molar-refractivity contribution in [3.05, 3.63) is 340 Å². The number of rotatable bonds is 9. The highest BCUT2D eigenvalue weighted by Gasteiger charge is 2.25. The lowest BCUT2D eigenvalue weighted by Crippen LogP contribution is -2.00. The van der Waals surface area contributed by atoms with Crippen LogP contribution in [0.15, 0.2) is 340 Å². The van der Waals surface area contributed by atoms with E-state index in [1.54, 1.807) is 0 Å². The number of nitrogens with zero attached hydrogens (tertiary/aromatic N) is 8. The van der Waals surface area contributed by atoms with Crippen LogP contribution in [0.1, 0.15) is 0 Å². The van der Waals surface area contributed by atoms with Gasteiger partial charge in [-0.2, -0.15) is 0 Å². The smallest absolute Gasteiger partial charge is 0.220 e. The number of fused-ring (bicyclic) bond motifs is 15. The second-order valence-corrected chi connectivity index (χ2v) is 25.8. The summed E-state index contributed by atoms with van der Waals surface area (Å²) in [5, 5.41) is 11.8. The average molecular weight is 1250 g/mol. The molecule has 0 unspecified atom stereocenters. The lowest BCUT2D eigenvalue weighted by Gasteiger charge is -2.10. The van der Waals surface area contributed by atoms with Gasteiger partial charge in [0, 0.05) is 78.0 Å². The van der Waals surface area contributed by atoms with Gasteiger partial charge in [-0.1, -0.05) is 206 Å². The van der Waals surface area contributed by atoms with E-state index in [2.05, 4.69) is 367 Å². The summed E-state index contributed by atoms with van der Waals surface area (Å²) in [6.07, 6.45) is 4.28. The number of imidazole rings is 2. The molecular weight excluding hydrogens is 1190 g/mol. The van der Waals surface area contributed by atoms with Gasteiger partial charge in [0.25, 0.3) is 0 Å². The van der Waals surface area contributed by atoms with E-state index in [-0.39, 0.29) is 0 Å². The van der Waals surface area contributed by atoms with E-state index in [0.29, 0.717) is 0 Å². The number of hydrogen-bond acceptors (Lipinski definition) is 2. The molecule has 0 aliphatic carbocycles. The van der Waals surface area contributed by atoms with Crippen LogP contribution in [0.5, 0.6) is 0 Å². The molecule has 0 N–H and O–H groups in total. The highest BCUT2D eigenvalue weighted by molar-refractivity contribution is 6.16. The Balaban J connectivity index is 0.732. The lowest BCUT2D eigenvalue weighted by molar-refractivity contribution is 0.983. The molecule has 8 aromatic heterocycles. The Kier molecular flexibility index (Phi) is 11.7. The van der Waals surface area contributed by atoms with Crippen LogP contribution in [0.3, 0.4) is 0 Å². The predicted molar refractivity (Wildman–Crippen MR) is 406 cm³/mol. The maximum atomic E-state index is 5.74. The van der Waals surface area contributed by atoms with Crippen molar-refractivity contribution in [2.75, 3.05) is 0 Å². The minimum atomic E-state index is 0.827. The van der Waals surface area contributed by atoms with E-state index in [9.17, 15) is 0 Å². The summed E-state index contributed by atoms with van der Waals surface area (Å²) in [4.78, 5) is 11.2. The third kappa shape index (κ3) is 8.06. The zero-order valence-corrected chi connectivity index (χ0v) is 52.9. The Labute approximate surface area is 561 Å². The van der Waals surface area contributed by atoms with E-state index in [1.807, 2.05) is 0 Å². The number of para-hydroxylation sites is 4. The molecule has 98 heavy (non-hydrogen) atoms. The van der Waals surface area contributed by atoms with Gasteiger partial charge in [-0.05, 0) is 165 Å². The molecule has 0 aliphatic rings. The highest BCUT2D eigenvalue weighted by atomic mass is 15.2. The van der Waals surface area contributed by atoms with Crippen LogP contribution < -0.4 is 0 Å². The van der Waals surface area contributed by atoms with Gasteiger partial charge in [-0.25, -0.2) is 9.97 Å². The molecule has 8 heterocycles. The summed E-state index contributed by atoms with van der Waals surface area (Å²) < 4.78 is 14.0. The molecule has 0 aliphatic heterocycles. The first kappa shape index (κ1) is 54.1. The molecule has 0 radical (unpaired) electrons. The van der Waals surface area contributed by atoms with Crippen LogP contribution in [-0.4, -0.2) is 37.0 Å². The van der Waals surface area contributed by atoms with E-state index >= 15 is 0 Å². The Morgan fingerprint density at radius 3 is 1.08 bits per heavy atom. The third-order valence-corrected chi connectivity index (χ3v) is 20.5. The molecule has 21 aromatic rings. The minimum absolute atomic E-state index is 0.827. The number of pyridine rings is 2. The first-order chi connectivity index (χ1) is 48.6. The van der Waals surface area contributed by atoms with Crippen molar-refractivity contribution in [1.82, 2.24) is 37.0 Å². The van der Waals surface area contributed by atoms with Crippen molar-refractivity contribution in [3.8, 4) is 79.2 Å². The molecule has 21 rings (SSSR count). The lowest BCUT2D eigenvalue weighted by atomic mass is 9.98. The second kappa shape index (κ2) is 21.1. The van der Waals surface area contributed by atoms with Crippen LogP contribution >= 0.6 is 0 Å². The molecular formula is C90H56N8. The van der Waals surface area contributed by atoms with Crippen LogP contribution in [0.4, 0.5) is 0 Å². The summed E-state index contributed by atoms with van der Waals surface area (Å²) >= 11 is 0. The Morgan fingerprint density at radius 2 is 0.541 bits per heavy atom. The van der Waals surface area contributed by atoms with Crippen molar-refractivity contribution < 1.29 is 0 Å². The summed E-state index contributed by atoms with van der Waals surface area (Å²) in [5.41, 5.74) is 24.3. The Bertz CT molecular complexity index is 6850.